The summed E-state index contributed by atoms with van der Waals surface area (Å²) in [4.78, 5) is 37.9. The lowest BCUT2D eigenvalue weighted by molar-refractivity contribution is -0.144. The molecule has 10 nitrogen and oxygen atoms in total. The molecule has 2 aliphatic rings. The molecule has 0 radical (unpaired) electrons. The van der Waals surface area contributed by atoms with Gasteiger partial charge in [0, 0.05) is 26.1 Å². The lowest BCUT2D eigenvalue weighted by Gasteiger charge is -2.44. The Labute approximate surface area is 222 Å². The summed E-state index contributed by atoms with van der Waals surface area (Å²) < 4.78 is 26.7. The Morgan fingerprint density at radius 3 is 2.63 bits per heavy atom. The number of aromatic amines is 1. The molecule has 0 aromatic carbocycles. The summed E-state index contributed by atoms with van der Waals surface area (Å²) in [5.74, 6) is -1.94. The number of pyridine rings is 1. The molecule has 1 atom stereocenters. The van der Waals surface area contributed by atoms with Gasteiger partial charge in [0.2, 0.25) is 11.8 Å². The van der Waals surface area contributed by atoms with Crippen LogP contribution in [0.25, 0.3) is 10.6 Å². The lowest BCUT2D eigenvalue weighted by atomic mass is 9.81. The van der Waals surface area contributed by atoms with E-state index in [-0.39, 0.29) is 35.7 Å². The average Bonchev–Trinajstić information content (AvgIpc) is 3.37. The lowest BCUT2D eigenvalue weighted by Crippen LogP contribution is -2.57. The molecule has 2 aromatic rings. The van der Waals surface area contributed by atoms with Crippen LogP contribution in [0.15, 0.2) is 34.5 Å². The first-order valence-electron chi connectivity index (χ1n) is 12.1. The van der Waals surface area contributed by atoms with Gasteiger partial charge in [-0.3, -0.25) is 19.7 Å². The number of aryl methyl sites for hydroxylation is 1. The first kappa shape index (κ1) is 29.1. The molecule has 0 spiro atoms. The van der Waals surface area contributed by atoms with E-state index in [2.05, 4.69) is 20.5 Å². The van der Waals surface area contributed by atoms with E-state index < -0.39 is 23.4 Å². The Hall–Kier alpha value is -3.45. The summed E-state index contributed by atoms with van der Waals surface area (Å²) in [7, 11) is 3.53. The molecule has 38 heavy (non-hydrogen) atoms. The van der Waals surface area contributed by atoms with E-state index in [1.54, 1.807) is 25.9 Å². The van der Waals surface area contributed by atoms with Gasteiger partial charge < -0.3 is 20.1 Å². The number of hydrogen-bond donors (Lipinski definition) is 4. The minimum atomic E-state index is -1.29. The molecule has 206 valence electrons. The smallest absolute Gasteiger partial charge is 0.306 e. The van der Waals surface area contributed by atoms with E-state index in [1.165, 1.54) is 12.3 Å². The molecule has 1 unspecified atom stereocenters. The maximum atomic E-state index is 13.7. The van der Waals surface area contributed by atoms with Crippen molar-refractivity contribution < 1.29 is 28.6 Å². The van der Waals surface area contributed by atoms with Crippen LogP contribution in [0.4, 0.5) is 8.78 Å². The molecular weight excluding hydrogens is 520 g/mol. The number of amides is 1. The van der Waals surface area contributed by atoms with Crippen LogP contribution in [-0.2, 0) is 16.0 Å². The summed E-state index contributed by atoms with van der Waals surface area (Å²) in [5.41, 5.74) is 0.0424. The van der Waals surface area contributed by atoms with Crippen LogP contribution in [0, 0.1) is 12.8 Å². The van der Waals surface area contributed by atoms with Crippen molar-refractivity contribution in [3.63, 3.8) is 0 Å². The molecule has 1 fully saturated rings. The SMILES string of the molecule is CNC1(N(C)C=O)CCC(C(=O)O)CC1.Cc1[nH]cc(-c2nnc(CC3=CCC(F)C=C3F)s2)c(=O)c1O. The molecular formula is C25H31F2N5O5S. The number of rotatable bonds is 7. The molecule has 1 amide bonds. The number of carboxylic acid groups (broad SMARTS) is 1. The molecule has 4 N–H and O–H groups in total. The fourth-order valence-corrected chi connectivity index (χ4v) is 5.31. The van der Waals surface area contributed by atoms with Gasteiger partial charge in [0.25, 0.3) is 0 Å². The second-order valence-electron chi connectivity index (χ2n) is 9.29. The monoisotopic (exact) mass is 551 g/mol. The highest BCUT2D eigenvalue weighted by molar-refractivity contribution is 7.14. The summed E-state index contributed by atoms with van der Waals surface area (Å²) >= 11 is 1.13. The van der Waals surface area contributed by atoms with E-state index in [9.17, 15) is 28.3 Å². The Bertz CT molecular complexity index is 1280. The molecule has 4 rings (SSSR count). The fraction of sp³-hybridized carbons (Fsp3) is 0.480. The Balaban J connectivity index is 0.000000232. The third-order valence-corrected chi connectivity index (χ3v) is 7.93. The van der Waals surface area contributed by atoms with Crippen LogP contribution in [0.3, 0.4) is 0 Å². The van der Waals surface area contributed by atoms with Crippen LogP contribution in [-0.4, -0.2) is 68.6 Å². The molecule has 0 aliphatic heterocycles. The number of halogens is 2. The number of allylic oxidation sites excluding steroid dienone is 4. The number of hydrogen-bond acceptors (Lipinski definition) is 8. The molecule has 2 aromatic heterocycles. The van der Waals surface area contributed by atoms with Crippen LogP contribution in [0.5, 0.6) is 5.75 Å². The highest BCUT2D eigenvalue weighted by Crippen LogP contribution is 2.33. The predicted octanol–water partition coefficient (Wildman–Crippen LogP) is 3.24. The predicted molar refractivity (Wildman–Crippen MR) is 138 cm³/mol. The zero-order valence-electron chi connectivity index (χ0n) is 21.3. The first-order chi connectivity index (χ1) is 18.0. The molecule has 1 saturated carbocycles. The Kier molecular flexibility index (Phi) is 9.50. The van der Waals surface area contributed by atoms with E-state index in [0.29, 0.717) is 47.0 Å². The van der Waals surface area contributed by atoms with Gasteiger partial charge >= 0.3 is 5.97 Å². The van der Waals surface area contributed by atoms with Gasteiger partial charge in [0.1, 0.15) is 17.0 Å². The van der Waals surface area contributed by atoms with Crippen molar-refractivity contribution in [2.45, 2.75) is 57.3 Å². The van der Waals surface area contributed by atoms with Gasteiger partial charge in [-0.2, -0.15) is 0 Å². The average molecular weight is 552 g/mol. The van der Waals surface area contributed by atoms with Crippen molar-refractivity contribution >= 4 is 23.7 Å². The van der Waals surface area contributed by atoms with Crippen molar-refractivity contribution in [1.82, 2.24) is 25.4 Å². The van der Waals surface area contributed by atoms with Crippen molar-refractivity contribution in [3.05, 3.63) is 50.7 Å². The highest BCUT2D eigenvalue weighted by atomic mass is 32.1. The number of carboxylic acids is 1. The topological polar surface area (TPSA) is 149 Å². The minimum Gasteiger partial charge on any atom is -0.503 e. The normalized spacial score (nSPS) is 23.0. The van der Waals surface area contributed by atoms with Crippen molar-refractivity contribution in [1.29, 1.82) is 0 Å². The number of aliphatic carboxylic acids is 1. The van der Waals surface area contributed by atoms with E-state index in [4.69, 9.17) is 5.11 Å². The largest absolute Gasteiger partial charge is 0.503 e. The third kappa shape index (κ3) is 6.51. The fourth-order valence-electron chi connectivity index (χ4n) is 4.43. The van der Waals surface area contributed by atoms with E-state index in [1.807, 2.05) is 0 Å². The van der Waals surface area contributed by atoms with Crippen molar-refractivity contribution in [2.75, 3.05) is 14.1 Å². The van der Waals surface area contributed by atoms with Crippen LogP contribution < -0.4 is 10.7 Å². The molecule has 2 aliphatic carbocycles. The number of carbonyl (C=O) groups excluding carboxylic acids is 1. The maximum absolute atomic E-state index is 13.7. The first-order valence-corrected chi connectivity index (χ1v) is 12.9. The zero-order chi connectivity index (χ0) is 28.0. The van der Waals surface area contributed by atoms with Crippen LogP contribution >= 0.6 is 11.3 Å². The van der Waals surface area contributed by atoms with Gasteiger partial charge in [-0.05, 0) is 51.3 Å². The van der Waals surface area contributed by atoms with Gasteiger partial charge in [-0.25, -0.2) is 8.78 Å². The summed E-state index contributed by atoms with van der Waals surface area (Å²) in [6, 6.07) is 0. The second-order valence-corrected chi connectivity index (χ2v) is 10.4. The summed E-state index contributed by atoms with van der Waals surface area (Å²) in [6.45, 7) is 1.58. The number of carbonyl (C=O) groups is 2. The van der Waals surface area contributed by atoms with E-state index in [0.717, 1.165) is 23.8 Å². The third-order valence-electron chi connectivity index (χ3n) is 6.97. The summed E-state index contributed by atoms with van der Waals surface area (Å²) in [5, 5.41) is 30.4. The van der Waals surface area contributed by atoms with Crippen molar-refractivity contribution in [3.8, 4) is 16.3 Å². The minimum absolute atomic E-state index is 0.139. The standard InChI is InChI=1S/C15H13F2N3O2S.C10H18N2O3/c1-7-13(21)14(22)10(6-18-7)15-20-19-12(23-15)4-8-2-3-9(16)5-11(8)17;1-11-10(12(2)7-13)5-3-8(4-6-10)9(14)15/h2,5-6,9,21H,3-4H2,1H3,(H,18,22);7-8,11H,3-6H2,1-2H3,(H,14,15). The summed E-state index contributed by atoms with van der Waals surface area (Å²) in [6.07, 6.45) is 6.34. The van der Waals surface area contributed by atoms with Gasteiger partial charge in [-0.1, -0.05) is 17.4 Å². The van der Waals surface area contributed by atoms with Gasteiger partial charge in [0.15, 0.2) is 10.8 Å². The van der Waals surface area contributed by atoms with E-state index >= 15 is 0 Å². The number of nitrogens with one attached hydrogen (secondary N) is 2. The molecule has 2 heterocycles. The highest BCUT2D eigenvalue weighted by Gasteiger charge is 2.38. The Morgan fingerprint density at radius 1 is 1.37 bits per heavy atom. The number of H-pyrrole nitrogens is 1. The zero-order valence-corrected chi connectivity index (χ0v) is 22.1. The molecule has 0 bridgehead atoms. The molecule has 13 heteroatoms. The maximum Gasteiger partial charge on any atom is 0.306 e. The number of aromatic hydroxyl groups is 1. The van der Waals surface area contributed by atoms with Gasteiger partial charge in [0.05, 0.1) is 22.8 Å². The van der Waals surface area contributed by atoms with Crippen LogP contribution in [0.2, 0.25) is 0 Å². The number of nitrogens with zero attached hydrogens (tertiary/aromatic N) is 3. The Morgan fingerprint density at radius 2 is 2.05 bits per heavy atom. The second kappa shape index (κ2) is 12.4. The number of alkyl halides is 1. The quantitative estimate of drug-likeness (QED) is 0.303. The van der Waals surface area contributed by atoms with Crippen molar-refractivity contribution in [2.24, 2.45) is 5.92 Å². The van der Waals surface area contributed by atoms with Gasteiger partial charge in [-0.15, -0.1) is 10.2 Å². The number of aromatic nitrogens is 3. The van der Waals surface area contributed by atoms with Crippen LogP contribution in [0.1, 0.15) is 42.8 Å². The molecule has 0 saturated heterocycles.